The second-order valence-corrected chi connectivity index (χ2v) is 5.49. The first-order valence-corrected chi connectivity index (χ1v) is 7.21. The number of nitro benzene ring substituents is 1. The SMILES string of the molecule is N[C@@H]1CCCC[C@H]1Nc1ccc2ncccc2c1[N+](=O)[O-]. The number of hydrogen-bond donors (Lipinski definition) is 2. The van der Waals surface area contributed by atoms with Crippen molar-refractivity contribution in [2.45, 2.75) is 37.8 Å². The van der Waals surface area contributed by atoms with Crippen LogP contribution in [0.25, 0.3) is 10.9 Å². The summed E-state index contributed by atoms with van der Waals surface area (Å²) in [4.78, 5) is 15.3. The van der Waals surface area contributed by atoms with Gasteiger partial charge in [0, 0.05) is 18.3 Å². The largest absolute Gasteiger partial charge is 0.375 e. The van der Waals surface area contributed by atoms with Crippen LogP contribution in [0.1, 0.15) is 25.7 Å². The molecule has 0 aliphatic heterocycles. The van der Waals surface area contributed by atoms with Crippen molar-refractivity contribution < 1.29 is 4.92 Å². The number of nitrogens with zero attached hydrogens (tertiary/aromatic N) is 2. The number of nitrogens with one attached hydrogen (secondary N) is 1. The summed E-state index contributed by atoms with van der Waals surface area (Å²) in [7, 11) is 0. The molecule has 1 aliphatic carbocycles. The van der Waals surface area contributed by atoms with Crippen LogP contribution in [0, 0.1) is 10.1 Å². The van der Waals surface area contributed by atoms with E-state index in [0.29, 0.717) is 16.6 Å². The molecule has 2 aromatic rings. The Morgan fingerprint density at radius 1 is 1.29 bits per heavy atom. The highest BCUT2D eigenvalue weighted by molar-refractivity contribution is 5.94. The van der Waals surface area contributed by atoms with E-state index in [4.69, 9.17) is 5.73 Å². The Bertz CT molecular complexity index is 674. The molecule has 0 spiro atoms. The van der Waals surface area contributed by atoms with Gasteiger partial charge in [0.1, 0.15) is 5.69 Å². The van der Waals surface area contributed by atoms with Crippen LogP contribution < -0.4 is 11.1 Å². The van der Waals surface area contributed by atoms with Crippen molar-refractivity contribution in [2.75, 3.05) is 5.32 Å². The fraction of sp³-hybridized carbons (Fsp3) is 0.400. The predicted octanol–water partition coefficient (Wildman–Crippen LogP) is 2.82. The van der Waals surface area contributed by atoms with Gasteiger partial charge in [-0.3, -0.25) is 15.1 Å². The van der Waals surface area contributed by atoms with Crippen molar-refractivity contribution in [3.63, 3.8) is 0 Å². The monoisotopic (exact) mass is 286 g/mol. The first kappa shape index (κ1) is 13.8. The van der Waals surface area contributed by atoms with E-state index >= 15 is 0 Å². The second-order valence-electron chi connectivity index (χ2n) is 5.49. The van der Waals surface area contributed by atoms with Gasteiger partial charge in [-0.15, -0.1) is 0 Å². The van der Waals surface area contributed by atoms with Gasteiger partial charge in [0.05, 0.1) is 15.8 Å². The number of hydrogen-bond acceptors (Lipinski definition) is 5. The molecule has 1 aromatic heterocycles. The summed E-state index contributed by atoms with van der Waals surface area (Å²) in [5.41, 5.74) is 7.36. The number of rotatable bonds is 3. The van der Waals surface area contributed by atoms with Crippen LogP contribution >= 0.6 is 0 Å². The lowest BCUT2D eigenvalue weighted by Gasteiger charge is -2.30. The lowest BCUT2D eigenvalue weighted by Crippen LogP contribution is -2.42. The molecule has 21 heavy (non-hydrogen) atoms. The smallest absolute Gasteiger partial charge is 0.301 e. The van der Waals surface area contributed by atoms with Crippen molar-refractivity contribution in [1.29, 1.82) is 0 Å². The van der Waals surface area contributed by atoms with Crippen LogP contribution in [0.4, 0.5) is 11.4 Å². The van der Waals surface area contributed by atoms with E-state index < -0.39 is 0 Å². The molecule has 1 aliphatic rings. The first-order chi connectivity index (χ1) is 10.2. The van der Waals surface area contributed by atoms with Gasteiger partial charge in [0.15, 0.2) is 0 Å². The minimum Gasteiger partial charge on any atom is -0.375 e. The Morgan fingerprint density at radius 2 is 2.10 bits per heavy atom. The molecule has 0 amide bonds. The number of pyridine rings is 1. The van der Waals surface area contributed by atoms with E-state index in [1.165, 1.54) is 0 Å². The van der Waals surface area contributed by atoms with Gasteiger partial charge in [-0.05, 0) is 37.1 Å². The zero-order valence-corrected chi connectivity index (χ0v) is 11.7. The topological polar surface area (TPSA) is 94.1 Å². The zero-order chi connectivity index (χ0) is 14.8. The van der Waals surface area contributed by atoms with E-state index in [1.807, 2.05) is 0 Å². The molecule has 1 fully saturated rings. The van der Waals surface area contributed by atoms with Gasteiger partial charge in [0.25, 0.3) is 0 Å². The van der Waals surface area contributed by atoms with Gasteiger partial charge in [-0.25, -0.2) is 0 Å². The predicted molar refractivity (Wildman–Crippen MR) is 82.3 cm³/mol. The summed E-state index contributed by atoms with van der Waals surface area (Å²) in [6.07, 6.45) is 5.78. The van der Waals surface area contributed by atoms with Crippen LogP contribution in [-0.4, -0.2) is 22.0 Å². The van der Waals surface area contributed by atoms with E-state index in [-0.39, 0.29) is 22.7 Å². The molecule has 110 valence electrons. The van der Waals surface area contributed by atoms with Gasteiger partial charge in [-0.2, -0.15) is 0 Å². The Labute approximate surface area is 122 Å². The van der Waals surface area contributed by atoms with E-state index in [9.17, 15) is 10.1 Å². The molecule has 1 saturated carbocycles. The average molecular weight is 286 g/mol. The zero-order valence-electron chi connectivity index (χ0n) is 11.7. The minimum absolute atomic E-state index is 0.0444. The standard InChI is InChI=1S/C15H18N4O2/c16-11-5-1-2-6-13(11)18-14-8-7-12-10(4-3-9-17-12)15(14)19(20)21/h3-4,7-9,11,13,18H,1-2,5-6,16H2/t11-,13-/m1/s1. The third-order valence-corrected chi connectivity index (χ3v) is 4.10. The van der Waals surface area contributed by atoms with Gasteiger partial charge >= 0.3 is 5.69 Å². The van der Waals surface area contributed by atoms with Crippen molar-refractivity contribution in [3.05, 3.63) is 40.6 Å². The molecule has 6 heteroatoms. The molecule has 0 unspecified atom stereocenters. The Balaban J connectivity index is 2.01. The number of nitrogens with two attached hydrogens (primary N) is 1. The van der Waals surface area contributed by atoms with Crippen LogP contribution in [0.2, 0.25) is 0 Å². The normalized spacial score (nSPS) is 22.1. The highest BCUT2D eigenvalue weighted by Crippen LogP contribution is 2.34. The number of fused-ring (bicyclic) bond motifs is 1. The van der Waals surface area contributed by atoms with Gasteiger partial charge in [0.2, 0.25) is 0 Å². The summed E-state index contributed by atoms with van der Waals surface area (Å²) in [5, 5.41) is 15.3. The average Bonchev–Trinajstić information content (AvgIpc) is 2.49. The summed E-state index contributed by atoms with van der Waals surface area (Å²) in [6.45, 7) is 0. The third-order valence-electron chi connectivity index (χ3n) is 4.10. The summed E-state index contributed by atoms with van der Waals surface area (Å²) < 4.78 is 0. The van der Waals surface area contributed by atoms with Crippen LogP contribution in [0.3, 0.4) is 0 Å². The molecule has 2 atom stereocenters. The molecule has 1 aromatic carbocycles. The van der Waals surface area contributed by atoms with Crippen LogP contribution in [0.15, 0.2) is 30.5 Å². The Hall–Kier alpha value is -2.21. The third kappa shape index (κ3) is 2.67. The van der Waals surface area contributed by atoms with Crippen molar-refractivity contribution in [2.24, 2.45) is 5.73 Å². The van der Waals surface area contributed by atoms with Crippen LogP contribution in [-0.2, 0) is 0 Å². The lowest BCUT2D eigenvalue weighted by atomic mass is 9.90. The van der Waals surface area contributed by atoms with Crippen molar-refractivity contribution in [3.8, 4) is 0 Å². The number of nitro groups is 1. The fourth-order valence-electron chi connectivity index (χ4n) is 2.99. The van der Waals surface area contributed by atoms with E-state index in [2.05, 4.69) is 10.3 Å². The van der Waals surface area contributed by atoms with Crippen molar-refractivity contribution >= 4 is 22.3 Å². The molecule has 3 rings (SSSR count). The second kappa shape index (κ2) is 5.65. The highest BCUT2D eigenvalue weighted by Gasteiger charge is 2.25. The number of aromatic nitrogens is 1. The van der Waals surface area contributed by atoms with Crippen molar-refractivity contribution in [1.82, 2.24) is 4.98 Å². The molecule has 3 N–H and O–H groups in total. The maximum atomic E-state index is 11.5. The number of anilines is 1. The Morgan fingerprint density at radius 3 is 2.86 bits per heavy atom. The summed E-state index contributed by atoms with van der Waals surface area (Å²) in [6, 6.07) is 7.11. The fourth-order valence-corrected chi connectivity index (χ4v) is 2.99. The quantitative estimate of drug-likeness (QED) is 0.668. The summed E-state index contributed by atoms with van der Waals surface area (Å²) >= 11 is 0. The minimum atomic E-state index is -0.347. The van der Waals surface area contributed by atoms with E-state index in [1.54, 1.807) is 30.5 Å². The van der Waals surface area contributed by atoms with Gasteiger partial charge in [-0.1, -0.05) is 12.8 Å². The lowest BCUT2D eigenvalue weighted by molar-refractivity contribution is -0.382. The Kier molecular flexibility index (Phi) is 3.70. The molecule has 0 bridgehead atoms. The first-order valence-electron chi connectivity index (χ1n) is 7.21. The summed E-state index contributed by atoms with van der Waals surface area (Å²) in [5.74, 6) is 0. The molecular weight excluding hydrogens is 268 g/mol. The molecule has 0 saturated heterocycles. The maximum Gasteiger partial charge on any atom is 0.301 e. The molecule has 1 heterocycles. The molecule has 0 radical (unpaired) electrons. The number of benzene rings is 1. The maximum absolute atomic E-state index is 11.5. The molecule has 6 nitrogen and oxygen atoms in total. The van der Waals surface area contributed by atoms with Gasteiger partial charge < -0.3 is 11.1 Å². The highest BCUT2D eigenvalue weighted by atomic mass is 16.6. The van der Waals surface area contributed by atoms with Crippen LogP contribution in [0.5, 0.6) is 0 Å². The van der Waals surface area contributed by atoms with E-state index in [0.717, 1.165) is 25.7 Å². The molecular formula is C15H18N4O2.